The standard InChI is InChI=1S/C28H32ClN5S/c1-20-17-21(2)32-28(31-20)35-25-9-7-24(8-10-25)34-15-13-33(14-16-34)12-4-3-5-22-19-30-27-11-6-23(29)18-26(22)27/h6-11,17-19,30H,3-5,12-16H2,1-2H3. The number of unbranched alkanes of at least 4 members (excludes halogenated alkanes) is 1. The summed E-state index contributed by atoms with van der Waals surface area (Å²) in [7, 11) is 0. The first-order chi connectivity index (χ1) is 17.0. The number of nitrogens with zero attached hydrogens (tertiary/aromatic N) is 4. The van der Waals surface area contributed by atoms with Crippen LogP contribution in [0, 0.1) is 13.8 Å². The van der Waals surface area contributed by atoms with Crippen molar-refractivity contribution in [3.05, 3.63) is 76.7 Å². The van der Waals surface area contributed by atoms with E-state index in [9.17, 15) is 0 Å². The quantitative estimate of drug-likeness (QED) is 0.218. The third kappa shape index (κ3) is 6.18. The maximum absolute atomic E-state index is 6.19. The molecule has 1 saturated heterocycles. The molecule has 1 fully saturated rings. The highest BCUT2D eigenvalue weighted by Crippen LogP contribution is 2.28. The Kier molecular flexibility index (Phi) is 7.61. The van der Waals surface area contributed by atoms with Crippen LogP contribution in [0.15, 0.2) is 64.8 Å². The van der Waals surface area contributed by atoms with Crippen molar-refractivity contribution >= 4 is 40.0 Å². The third-order valence-corrected chi connectivity index (χ3v) is 7.75. The van der Waals surface area contributed by atoms with Crippen LogP contribution >= 0.6 is 23.4 Å². The Labute approximate surface area is 216 Å². The van der Waals surface area contributed by atoms with Gasteiger partial charge in [-0.05, 0) is 106 Å². The molecule has 1 aliphatic rings. The number of hydrogen-bond donors (Lipinski definition) is 1. The summed E-state index contributed by atoms with van der Waals surface area (Å²) in [6.45, 7) is 9.60. The van der Waals surface area contributed by atoms with Crippen LogP contribution in [0.4, 0.5) is 5.69 Å². The van der Waals surface area contributed by atoms with Gasteiger partial charge in [-0.3, -0.25) is 4.90 Å². The van der Waals surface area contributed by atoms with Gasteiger partial charge < -0.3 is 9.88 Å². The van der Waals surface area contributed by atoms with Crippen LogP contribution in [0.3, 0.4) is 0 Å². The van der Waals surface area contributed by atoms with Crippen molar-refractivity contribution in [2.24, 2.45) is 0 Å². The fourth-order valence-electron chi connectivity index (χ4n) is 4.81. The van der Waals surface area contributed by atoms with E-state index >= 15 is 0 Å². The molecule has 0 radical (unpaired) electrons. The molecule has 5 rings (SSSR count). The van der Waals surface area contributed by atoms with E-state index in [0.29, 0.717) is 0 Å². The Balaban J connectivity index is 1.06. The molecule has 0 saturated carbocycles. The Bertz CT molecular complexity index is 1260. The van der Waals surface area contributed by atoms with Gasteiger partial charge in [0.15, 0.2) is 5.16 Å². The van der Waals surface area contributed by atoms with Gasteiger partial charge in [0.2, 0.25) is 0 Å². The maximum atomic E-state index is 6.19. The van der Waals surface area contributed by atoms with Gasteiger partial charge in [0, 0.05) is 70.3 Å². The zero-order chi connectivity index (χ0) is 24.2. The SMILES string of the molecule is Cc1cc(C)nc(Sc2ccc(N3CCN(CCCCc4c[nH]c5ccc(Cl)cc45)CC3)cc2)n1. The molecule has 0 spiro atoms. The molecule has 5 nitrogen and oxygen atoms in total. The Morgan fingerprint density at radius 2 is 1.66 bits per heavy atom. The van der Waals surface area contributed by atoms with Crippen molar-refractivity contribution in [2.75, 3.05) is 37.6 Å². The average Bonchev–Trinajstić information content (AvgIpc) is 3.24. The van der Waals surface area contributed by atoms with E-state index in [2.05, 4.69) is 67.3 Å². The fourth-order valence-corrected chi connectivity index (χ4v) is 5.84. The molecular formula is C28H32ClN5S. The van der Waals surface area contributed by atoms with Gasteiger partial charge in [0.05, 0.1) is 0 Å². The summed E-state index contributed by atoms with van der Waals surface area (Å²) in [6, 6.07) is 16.9. The number of nitrogens with one attached hydrogen (secondary N) is 1. The van der Waals surface area contributed by atoms with E-state index in [0.717, 1.165) is 54.2 Å². The van der Waals surface area contributed by atoms with Crippen molar-refractivity contribution in [3.8, 4) is 0 Å². The van der Waals surface area contributed by atoms with E-state index < -0.39 is 0 Å². The highest BCUT2D eigenvalue weighted by atomic mass is 35.5. The summed E-state index contributed by atoms with van der Waals surface area (Å²) in [5.41, 5.74) is 5.87. The molecule has 2 aromatic carbocycles. The van der Waals surface area contributed by atoms with E-state index in [1.807, 2.05) is 26.0 Å². The van der Waals surface area contributed by atoms with Crippen LogP contribution < -0.4 is 4.90 Å². The van der Waals surface area contributed by atoms with Crippen molar-refractivity contribution in [1.82, 2.24) is 19.9 Å². The topological polar surface area (TPSA) is 48.1 Å². The first-order valence-electron chi connectivity index (χ1n) is 12.4. The van der Waals surface area contributed by atoms with Crippen molar-refractivity contribution in [2.45, 2.75) is 43.2 Å². The number of aromatic amines is 1. The normalized spacial score (nSPS) is 14.7. The predicted octanol–water partition coefficient (Wildman–Crippen LogP) is 6.52. The van der Waals surface area contributed by atoms with Gasteiger partial charge in [-0.25, -0.2) is 9.97 Å². The van der Waals surface area contributed by atoms with Crippen molar-refractivity contribution in [1.29, 1.82) is 0 Å². The van der Waals surface area contributed by atoms with Crippen molar-refractivity contribution in [3.63, 3.8) is 0 Å². The monoisotopic (exact) mass is 505 g/mol. The molecule has 1 aliphatic heterocycles. The number of anilines is 1. The molecular weight excluding hydrogens is 474 g/mol. The molecule has 0 aliphatic carbocycles. The van der Waals surface area contributed by atoms with E-state index in [1.54, 1.807) is 11.8 Å². The zero-order valence-corrected chi connectivity index (χ0v) is 22.0. The summed E-state index contributed by atoms with van der Waals surface area (Å²) in [4.78, 5) is 18.7. The maximum Gasteiger partial charge on any atom is 0.192 e. The molecule has 0 amide bonds. The number of benzene rings is 2. The number of halogens is 1. The summed E-state index contributed by atoms with van der Waals surface area (Å²) >= 11 is 7.81. The Morgan fingerprint density at radius 3 is 2.40 bits per heavy atom. The first-order valence-corrected chi connectivity index (χ1v) is 13.6. The van der Waals surface area contributed by atoms with Gasteiger partial charge in [-0.2, -0.15) is 0 Å². The minimum Gasteiger partial charge on any atom is -0.369 e. The van der Waals surface area contributed by atoms with Crippen LogP contribution in [0.5, 0.6) is 0 Å². The molecule has 1 N–H and O–H groups in total. The lowest BCUT2D eigenvalue weighted by Crippen LogP contribution is -2.46. The largest absolute Gasteiger partial charge is 0.369 e. The summed E-state index contributed by atoms with van der Waals surface area (Å²) in [6.07, 6.45) is 5.65. The van der Waals surface area contributed by atoms with E-state index in [-0.39, 0.29) is 0 Å². The molecule has 182 valence electrons. The zero-order valence-electron chi connectivity index (χ0n) is 20.4. The van der Waals surface area contributed by atoms with E-state index in [4.69, 9.17) is 11.6 Å². The molecule has 0 unspecified atom stereocenters. The van der Waals surface area contributed by atoms with Crippen LogP contribution in [0.25, 0.3) is 10.9 Å². The number of piperazine rings is 1. The van der Waals surface area contributed by atoms with E-state index in [1.165, 1.54) is 46.4 Å². The molecule has 4 aromatic rings. The number of aromatic nitrogens is 3. The van der Waals surface area contributed by atoms with Crippen LogP contribution in [0.2, 0.25) is 5.02 Å². The first kappa shape index (κ1) is 24.2. The molecule has 2 aromatic heterocycles. The summed E-state index contributed by atoms with van der Waals surface area (Å²) in [5.74, 6) is 0. The Hall–Kier alpha value is -2.54. The smallest absolute Gasteiger partial charge is 0.192 e. The lowest BCUT2D eigenvalue weighted by molar-refractivity contribution is 0.253. The summed E-state index contributed by atoms with van der Waals surface area (Å²) < 4.78 is 0. The average molecular weight is 506 g/mol. The third-order valence-electron chi connectivity index (χ3n) is 6.64. The van der Waals surface area contributed by atoms with Gasteiger partial charge in [-0.1, -0.05) is 11.6 Å². The fraction of sp³-hybridized carbons (Fsp3) is 0.357. The second-order valence-corrected chi connectivity index (χ2v) is 10.8. The second kappa shape index (κ2) is 11.0. The minimum absolute atomic E-state index is 0.806. The van der Waals surface area contributed by atoms with Crippen molar-refractivity contribution < 1.29 is 0 Å². The van der Waals surface area contributed by atoms with Crippen LogP contribution in [-0.4, -0.2) is 52.6 Å². The number of H-pyrrole nitrogens is 1. The molecule has 35 heavy (non-hydrogen) atoms. The van der Waals surface area contributed by atoms with Gasteiger partial charge in [0.25, 0.3) is 0 Å². The van der Waals surface area contributed by atoms with Gasteiger partial charge in [-0.15, -0.1) is 0 Å². The van der Waals surface area contributed by atoms with Gasteiger partial charge >= 0.3 is 0 Å². The number of rotatable bonds is 8. The highest BCUT2D eigenvalue weighted by Gasteiger charge is 2.17. The Morgan fingerprint density at radius 1 is 0.914 bits per heavy atom. The number of fused-ring (bicyclic) bond motifs is 1. The van der Waals surface area contributed by atoms with Crippen LogP contribution in [0.1, 0.15) is 29.8 Å². The lowest BCUT2D eigenvalue weighted by Gasteiger charge is -2.36. The molecule has 3 heterocycles. The van der Waals surface area contributed by atoms with Gasteiger partial charge in [0.1, 0.15) is 0 Å². The number of aryl methyl sites for hydroxylation is 3. The molecule has 7 heteroatoms. The summed E-state index contributed by atoms with van der Waals surface area (Å²) in [5, 5.41) is 2.88. The molecule has 0 bridgehead atoms. The predicted molar refractivity (Wildman–Crippen MR) is 147 cm³/mol. The highest BCUT2D eigenvalue weighted by molar-refractivity contribution is 7.99. The van der Waals surface area contributed by atoms with Crippen LogP contribution in [-0.2, 0) is 6.42 Å². The second-order valence-electron chi connectivity index (χ2n) is 9.32. The molecule has 0 atom stereocenters. The lowest BCUT2D eigenvalue weighted by atomic mass is 10.1. The number of hydrogen-bond acceptors (Lipinski definition) is 5. The minimum atomic E-state index is 0.806.